The zero-order chi connectivity index (χ0) is 83.9. The van der Waals surface area contributed by atoms with Crippen LogP contribution in [-0.4, -0.2) is 132 Å². The van der Waals surface area contributed by atoms with Crippen molar-refractivity contribution in [2.45, 2.75) is 156 Å². The van der Waals surface area contributed by atoms with E-state index in [9.17, 15) is 193 Å². The fourth-order valence-corrected chi connectivity index (χ4v) is 13.3. The van der Waals surface area contributed by atoms with Crippen LogP contribution in [0.25, 0.3) is 0 Å². The Morgan fingerprint density at radius 3 is 0.377 bits per heavy atom. The van der Waals surface area contributed by atoms with Gasteiger partial charge in [0.15, 0.2) is 0 Å². The van der Waals surface area contributed by atoms with E-state index in [1.807, 2.05) is 0 Å². The van der Waals surface area contributed by atoms with E-state index in [1.54, 1.807) is 0 Å². The molecule has 54 heteroatoms. The standard InChI is InChI=1S/C52H24F52P2/c53-29(54,33(61,62)37(69,70)41(77,78)45(85,86)49(93,94)95)21-3-11-25(12-4-21)105(26-13-5-22(6-14-26)30(55,56)34(63,64)38(71,72)42(79,80)46(87,88)50(96,97)98)19-1-2-20-106(27-15-7-23(8-16-27)31(57,58)35(65,66)39(73,74)43(81,82)47(89,90)51(99,100)101)28-17-9-24(10-18-28)32(59,60)36(67,68)40(75,76)44(83,84)48(91,92)52(102,103)104/h3-18H,1-2,19-20H2. The summed E-state index contributed by atoms with van der Waals surface area (Å²) < 4.78 is 729. The first-order chi connectivity index (χ1) is 46.3. The lowest BCUT2D eigenvalue weighted by atomic mass is 9.90. The van der Waals surface area contributed by atoms with Crippen LogP contribution in [0.1, 0.15) is 35.1 Å². The molecule has 0 aliphatic carbocycles. The van der Waals surface area contributed by atoms with Crippen molar-refractivity contribution < 1.29 is 228 Å². The molecular weight excluding hydrogens is 1670 g/mol. The van der Waals surface area contributed by atoms with E-state index in [2.05, 4.69) is 0 Å². The lowest BCUT2D eigenvalue weighted by Crippen LogP contribution is -2.69. The Morgan fingerprint density at radius 1 is 0.151 bits per heavy atom. The quantitative estimate of drug-likeness (QED) is 0.0289. The summed E-state index contributed by atoms with van der Waals surface area (Å²) in [5.74, 6) is -163. The van der Waals surface area contributed by atoms with Crippen molar-refractivity contribution in [3.05, 3.63) is 119 Å². The highest BCUT2D eigenvalue weighted by Gasteiger charge is 2.95. The molecule has 4 rings (SSSR count). The van der Waals surface area contributed by atoms with E-state index in [1.165, 1.54) is 0 Å². The Hall–Kier alpha value is -5.90. The lowest BCUT2D eigenvalue weighted by molar-refractivity contribution is -0.441. The van der Waals surface area contributed by atoms with E-state index in [0.29, 0.717) is 0 Å². The van der Waals surface area contributed by atoms with Gasteiger partial charge in [0, 0.05) is 22.3 Å². The molecule has 4 aromatic carbocycles. The third-order valence-electron chi connectivity index (χ3n) is 14.9. The molecule has 0 bridgehead atoms. The van der Waals surface area contributed by atoms with Gasteiger partial charge < -0.3 is 0 Å². The number of hydrogen-bond acceptors (Lipinski definition) is 0. The minimum absolute atomic E-state index is 0.196. The van der Waals surface area contributed by atoms with Crippen molar-refractivity contribution in [3.8, 4) is 0 Å². The Labute approximate surface area is 552 Å². The second-order valence-corrected chi connectivity index (χ2v) is 26.3. The summed E-state index contributed by atoms with van der Waals surface area (Å²) >= 11 is 0. The Bertz CT molecular complexity index is 3200. The van der Waals surface area contributed by atoms with Gasteiger partial charge in [-0.25, -0.2) is 0 Å². The molecule has 0 atom stereocenters. The monoisotopic (exact) mass is 1700 g/mol. The molecule has 0 aliphatic rings. The molecule has 0 aliphatic heterocycles. The summed E-state index contributed by atoms with van der Waals surface area (Å²) in [6.45, 7) is 0. The van der Waals surface area contributed by atoms with Crippen molar-refractivity contribution in [1.82, 2.24) is 0 Å². The van der Waals surface area contributed by atoms with Gasteiger partial charge in [-0.05, 0) is 62.2 Å². The molecule has 606 valence electrons. The maximum atomic E-state index is 15.2. The number of unbranched alkanes of at least 4 members (excludes halogenated alkanes) is 1. The van der Waals surface area contributed by atoms with Crippen LogP contribution in [0.15, 0.2) is 97.1 Å². The van der Waals surface area contributed by atoms with Crippen LogP contribution in [-0.2, 0) is 23.7 Å². The van der Waals surface area contributed by atoms with Crippen LogP contribution < -0.4 is 21.2 Å². The zero-order valence-electron chi connectivity index (χ0n) is 48.6. The summed E-state index contributed by atoms with van der Waals surface area (Å²) in [6, 6.07) is -7.15. The fraction of sp³-hybridized carbons (Fsp3) is 0.538. The molecule has 0 heterocycles. The Morgan fingerprint density at radius 2 is 0.264 bits per heavy atom. The van der Waals surface area contributed by atoms with E-state index < -0.39 is 276 Å². The molecule has 0 radical (unpaired) electrons. The van der Waals surface area contributed by atoms with Crippen molar-refractivity contribution in [2.75, 3.05) is 12.3 Å². The van der Waals surface area contributed by atoms with Gasteiger partial charge >= 0.3 is 143 Å². The number of rotatable bonds is 29. The molecule has 0 unspecified atom stereocenters. The largest absolute Gasteiger partial charge is 0.460 e. The van der Waals surface area contributed by atoms with Crippen LogP contribution in [0.2, 0.25) is 0 Å². The summed E-state index contributed by atoms with van der Waals surface area (Å²) in [6.07, 6.45) is -36.5. The van der Waals surface area contributed by atoms with Crippen LogP contribution in [0.4, 0.5) is 228 Å². The average Bonchev–Trinajstić information content (AvgIpc) is 0.723. The van der Waals surface area contributed by atoms with Crippen LogP contribution in [0.3, 0.4) is 0 Å². The molecule has 106 heavy (non-hydrogen) atoms. The lowest BCUT2D eigenvalue weighted by Gasteiger charge is -2.40. The first kappa shape index (κ1) is 92.5. The highest BCUT2D eigenvalue weighted by atomic mass is 31.1. The van der Waals surface area contributed by atoms with E-state index >= 15 is 35.1 Å². The van der Waals surface area contributed by atoms with E-state index in [4.69, 9.17) is 0 Å². The smallest absolute Gasteiger partial charge is 0.194 e. The van der Waals surface area contributed by atoms with Gasteiger partial charge in [0.25, 0.3) is 0 Å². The summed E-state index contributed by atoms with van der Waals surface area (Å²) in [5.41, 5.74) is -11.5. The van der Waals surface area contributed by atoms with Gasteiger partial charge in [-0.3, -0.25) is 0 Å². The minimum Gasteiger partial charge on any atom is -0.194 e. The number of benzene rings is 4. The third kappa shape index (κ3) is 13.6. The molecule has 4 aromatic rings. The SMILES string of the molecule is FC(F)(F)C(F)(F)C(F)(F)C(F)(F)C(F)(F)C(F)(F)c1ccc(P(CCCCP(c2ccc(C(F)(F)C(F)(F)C(F)(F)C(F)(F)C(F)(F)C(F)(F)F)cc2)c2ccc(C(F)(F)C(F)(F)C(F)(F)C(F)(F)C(F)(F)C(F)(F)F)cc2)c2ccc(C(F)(F)C(F)(F)C(F)(F)C(F)(F)C(F)(F)C(F)(F)F)cc2)cc1. The maximum absolute atomic E-state index is 15.2. The molecule has 0 aromatic heterocycles. The van der Waals surface area contributed by atoms with Crippen molar-refractivity contribution >= 4 is 37.1 Å². The molecule has 0 amide bonds. The molecule has 0 saturated carbocycles. The van der Waals surface area contributed by atoms with Gasteiger partial charge in [0.2, 0.25) is 0 Å². The first-order valence-electron chi connectivity index (χ1n) is 26.1. The normalized spacial score (nSPS) is 15.9. The number of hydrogen-bond donors (Lipinski definition) is 0. The van der Waals surface area contributed by atoms with Crippen molar-refractivity contribution in [1.29, 1.82) is 0 Å². The van der Waals surface area contributed by atoms with Crippen molar-refractivity contribution in [3.63, 3.8) is 0 Å². The van der Waals surface area contributed by atoms with Gasteiger partial charge in [-0.1, -0.05) is 97.1 Å². The molecular formula is C52H24F52P2. The predicted molar refractivity (Wildman–Crippen MR) is 256 cm³/mol. The number of halogens is 52. The highest BCUT2D eigenvalue weighted by molar-refractivity contribution is 7.73. The molecule has 0 N–H and O–H groups in total. The Balaban J connectivity index is 1.99. The Kier molecular flexibility index (Phi) is 23.5. The van der Waals surface area contributed by atoms with Crippen LogP contribution in [0, 0.1) is 0 Å². The summed E-state index contributed by atoms with van der Waals surface area (Å²) in [4.78, 5) is 0. The molecule has 0 fully saturated rings. The van der Waals surface area contributed by atoms with Crippen LogP contribution in [0.5, 0.6) is 0 Å². The maximum Gasteiger partial charge on any atom is 0.460 e. The first-order valence-corrected chi connectivity index (χ1v) is 29.2. The topological polar surface area (TPSA) is 0 Å². The van der Waals surface area contributed by atoms with E-state index in [-0.39, 0.29) is 48.5 Å². The van der Waals surface area contributed by atoms with Gasteiger partial charge in [0.1, 0.15) is 0 Å². The van der Waals surface area contributed by atoms with E-state index in [0.717, 1.165) is 0 Å². The van der Waals surface area contributed by atoms with Gasteiger partial charge in [0.05, 0.1) is 0 Å². The second-order valence-electron chi connectivity index (χ2n) is 21.7. The van der Waals surface area contributed by atoms with Crippen molar-refractivity contribution in [2.24, 2.45) is 0 Å². The number of alkyl halides is 52. The summed E-state index contributed by atoms with van der Waals surface area (Å²) in [5, 5.41) is -4.37. The second kappa shape index (κ2) is 27.0. The zero-order valence-corrected chi connectivity index (χ0v) is 50.4. The predicted octanol–water partition coefficient (Wildman–Crippen LogP) is 22.8. The average molecular weight is 1700 g/mol. The summed E-state index contributed by atoms with van der Waals surface area (Å²) in [7, 11) is -6.61. The van der Waals surface area contributed by atoms with Crippen LogP contribution >= 0.6 is 15.8 Å². The van der Waals surface area contributed by atoms with Gasteiger partial charge in [-0.2, -0.15) is 228 Å². The van der Waals surface area contributed by atoms with Gasteiger partial charge in [-0.15, -0.1) is 0 Å². The minimum atomic E-state index is -8.57. The molecule has 0 spiro atoms. The third-order valence-corrected chi connectivity index (χ3v) is 20.1. The molecule has 0 saturated heterocycles. The fourth-order valence-electron chi connectivity index (χ4n) is 8.56. The molecule has 0 nitrogen and oxygen atoms in total. The highest BCUT2D eigenvalue weighted by Crippen LogP contribution is 2.68.